The zero-order valence-corrected chi connectivity index (χ0v) is 12.0. The summed E-state index contributed by atoms with van der Waals surface area (Å²) in [5.74, 6) is 0. The number of pyridine rings is 1. The molecule has 0 saturated carbocycles. The van der Waals surface area contributed by atoms with E-state index < -0.39 is 0 Å². The van der Waals surface area contributed by atoms with Crippen LogP contribution in [0.4, 0.5) is 0 Å². The Morgan fingerprint density at radius 1 is 1.00 bits per heavy atom. The highest BCUT2D eigenvalue weighted by molar-refractivity contribution is 5.81. The van der Waals surface area contributed by atoms with Gasteiger partial charge in [-0.1, -0.05) is 42.5 Å². The van der Waals surface area contributed by atoms with Crippen LogP contribution in [0.15, 0.2) is 54.6 Å². The van der Waals surface area contributed by atoms with Crippen LogP contribution in [0.25, 0.3) is 23.1 Å². The van der Waals surface area contributed by atoms with Gasteiger partial charge in [0.15, 0.2) is 0 Å². The molecule has 0 amide bonds. The van der Waals surface area contributed by atoms with Crippen LogP contribution >= 0.6 is 0 Å². The van der Waals surface area contributed by atoms with Crippen molar-refractivity contribution < 1.29 is 5.11 Å². The highest BCUT2D eigenvalue weighted by atomic mass is 16.3. The van der Waals surface area contributed by atoms with Gasteiger partial charge in [-0.15, -0.1) is 0 Å². The molecule has 0 radical (unpaired) electrons. The molecule has 2 heteroatoms. The maximum atomic E-state index is 9.16. The highest BCUT2D eigenvalue weighted by Gasteiger charge is 1.97. The molecule has 2 aromatic carbocycles. The lowest BCUT2D eigenvalue weighted by Crippen LogP contribution is -1.85. The van der Waals surface area contributed by atoms with Crippen LogP contribution in [0.2, 0.25) is 0 Å². The first-order chi connectivity index (χ1) is 10.2. The molecule has 2 nitrogen and oxygen atoms in total. The van der Waals surface area contributed by atoms with Crippen molar-refractivity contribution in [3.8, 4) is 0 Å². The van der Waals surface area contributed by atoms with E-state index in [1.807, 2.05) is 42.5 Å². The minimum absolute atomic E-state index is 0.0647. The number of fused-ring (bicyclic) bond motifs is 1. The number of aromatic nitrogens is 1. The molecule has 0 aliphatic carbocycles. The number of aliphatic hydroxyl groups is 1. The number of hydrogen-bond donors (Lipinski definition) is 1. The average Bonchev–Trinajstić information content (AvgIpc) is 2.52. The van der Waals surface area contributed by atoms with Gasteiger partial charge < -0.3 is 5.11 Å². The van der Waals surface area contributed by atoms with E-state index >= 15 is 0 Å². The van der Waals surface area contributed by atoms with Crippen LogP contribution in [-0.2, 0) is 6.61 Å². The Morgan fingerprint density at radius 2 is 1.86 bits per heavy atom. The normalized spacial score (nSPS) is 11.3. The predicted octanol–water partition coefficient (Wildman–Crippen LogP) is 4.21. The third-order valence-electron chi connectivity index (χ3n) is 3.45. The van der Waals surface area contributed by atoms with Gasteiger partial charge in [-0.2, -0.15) is 0 Å². The van der Waals surface area contributed by atoms with E-state index in [0.717, 1.165) is 27.7 Å². The molecule has 0 atom stereocenters. The Bertz CT molecular complexity index is 806. The molecule has 0 spiro atoms. The third-order valence-corrected chi connectivity index (χ3v) is 3.45. The summed E-state index contributed by atoms with van der Waals surface area (Å²) in [6.45, 7) is 2.14. The van der Waals surface area contributed by atoms with Gasteiger partial charge in [-0.05, 0) is 47.9 Å². The fourth-order valence-corrected chi connectivity index (χ4v) is 2.31. The van der Waals surface area contributed by atoms with Crippen molar-refractivity contribution >= 4 is 23.1 Å². The number of nitrogens with zero attached hydrogens (tertiary/aromatic N) is 1. The topological polar surface area (TPSA) is 33.1 Å². The third kappa shape index (κ3) is 3.18. The summed E-state index contributed by atoms with van der Waals surface area (Å²) in [5.41, 5.74) is 5.14. The summed E-state index contributed by atoms with van der Waals surface area (Å²) < 4.78 is 0. The smallest absolute Gasteiger partial charge is 0.0711 e. The van der Waals surface area contributed by atoms with Crippen LogP contribution in [0.3, 0.4) is 0 Å². The standard InChI is InChI=1S/C19H17NO/c1-14-5-7-17-8-10-18(20-19(17)11-14)9-6-15-3-2-4-16(12-15)13-21/h2-12,21H,13H2,1H3/b9-6+. The second-order valence-electron chi connectivity index (χ2n) is 5.17. The fourth-order valence-electron chi connectivity index (χ4n) is 2.31. The number of benzene rings is 2. The summed E-state index contributed by atoms with van der Waals surface area (Å²) in [7, 11) is 0. The van der Waals surface area contributed by atoms with E-state index in [1.54, 1.807) is 0 Å². The molecule has 3 rings (SSSR count). The quantitative estimate of drug-likeness (QED) is 0.777. The first-order valence-electron chi connectivity index (χ1n) is 7.00. The molecule has 21 heavy (non-hydrogen) atoms. The van der Waals surface area contributed by atoms with Crippen LogP contribution in [-0.4, -0.2) is 10.1 Å². The van der Waals surface area contributed by atoms with Crippen LogP contribution < -0.4 is 0 Å². The Balaban J connectivity index is 1.91. The molecule has 104 valence electrons. The van der Waals surface area contributed by atoms with Gasteiger partial charge in [0.1, 0.15) is 0 Å². The van der Waals surface area contributed by atoms with E-state index in [0.29, 0.717) is 0 Å². The van der Waals surface area contributed by atoms with Gasteiger partial charge in [0.05, 0.1) is 17.8 Å². The lowest BCUT2D eigenvalue weighted by Gasteiger charge is -2.01. The van der Waals surface area contributed by atoms with Crippen molar-refractivity contribution in [2.75, 3.05) is 0 Å². The van der Waals surface area contributed by atoms with Crippen LogP contribution in [0, 0.1) is 6.92 Å². The van der Waals surface area contributed by atoms with Gasteiger partial charge in [-0.25, -0.2) is 4.98 Å². The van der Waals surface area contributed by atoms with Gasteiger partial charge in [0, 0.05) is 5.39 Å². The zero-order chi connectivity index (χ0) is 14.7. The van der Waals surface area contributed by atoms with E-state index in [9.17, 15) is 0 Å². The van der Waals surface area contributed by atoms with Gasteiger partial charge in [0.2, 0.25) is 0 Å². The van der Waals surface area contributed by atoms with Gasteiger partial charge >= 0.3 is 0 Å². The predicted molar refractivity (Wildman–Crippen MR) is 87.8 cm³/mol. The molecular formula is C19H17NO. The van der Waals surface area contributed by atoms with E-state index in [2.05, 4.69) is 36.2 Å². The number of hydrogen-bond acceptors (Lipinski definition) is 2. The summed E-state index contributed by atoms with van der Waals surface area (Å²) >= 11 is 0. The van der Waals surface area contributed by atoms with Crippen molar-refractivity contribution in [2.45, 2.75) is 13.5 Å². The van der Waals surface area contributed by atoms with Gasteiger partial charge in [0.25, 0.3) is 0 Å². The molecule has 1 heterocycles. The Hall–Kier alpha value is -2.45. The first-order valence-corrected chi connectivity index (χ1v) is 7.00. The summed E-state index contributed by atoms with van der Waals surface area (Å²) in [5, 5.41) is 10.3. The molecule has 1 N–H and O–H groups in total. The van der Waals surface area contributed by atoms with E-state index in [-0.39, 0.29) is 6.61 Å². The molecule has 0 aliphatic rings. The first kappa shape index (κ1) is 13.5. The molecule has 0 bridgehead atoms. The largest absolute Gasteiger partial charge is 0.392 e. The monoisotopic (exact) mass is 275 g/mol. The zero-order valence-electron chi connectivity index (χ0n) is 12.0. The van der Waals surface area contributed by atoms with Crippen molar-refractivity contribution in [2.24, 2.45) is 0 Å². The summed E-state index contributed by atoms with van der Waals surface area (Å²) in [6.07, 6.45) is 4.02. The van der Waals surface area contributed by atoms with Crippen LogP contribution in [0.1, 0.15) is 22.4 Å². The SMILES string of the molecule is Cc1ccc2ccc(/C=C/c3cccc(CO)c3)nc2c1. The van der Waals surface area contributed by atoms with Crippen molar-refractivity contribution in [1.29, 1.82) is 0 Å². The van der Waals surface area contributed by atoms with E-state index in [1.165, 1.54) is 5.56 Å². The molecule has 0 saturated heterocycles. The highest BCUT2D eigenvalue weighted by Crippen LogP contribution is 2.16. The molecular weight excluding hydrogens is 258 g/mol. The average molecular weight is 275 g/mol. The Morgan fingerprint density at radius 3 is 2.71 bits per heavy atom. The maximum Gasteiger partial charge on any atom is 0.0711 e. The minimum Gasteiger partial charge on any atom is -0.392 e. The maximum absolute atomic E-state index is 9.16. The molecule has 0 aliphatic heterocycles. The summed E-state index contributed by atoms with van der Waals surface area (Å²) in [6, 6.07) is 18.2. The lowest BCUT2D eigenvalue weighted by molar-refractivity contribution is 0.282. The van der Waals surface area contributed by atoms with Crippen molar-refractivity contribution in [3.05, 3.63) is 77.0 Å². The van der Waals surface area contributed by atoms with Crippen LogP contribution in [0.5, 0.6) is 0 Å². The molecule has 1 aromatic heterocycles. The number of aliphatic hydroxyl groups excluding tert-OH is 1. The Labute approximate surface area is 124 Å². The summed E-state index contributed by atoms with van der Waals surface area (Å²) in [4.78, 5) is 4.66. The number of rotatable bonds is 3. The molecule has 0 fully saturated rings. The second-order valence-corrected chi connectivity index (χ2v) is 5.17. The Kier molecular flexibility index (Phi) is 3.80. The molecule has 0 unspecified atom stereocenters. The second kappa shape index (κ2) is 5.90. The fraction of sp³-hybridized carbons (Fsp3) is 0.105. The number of aryl methyl sites for hydroxylation is 1. The van der Waals surface area contributed by atoms with Crippen molar-refractivity contribution in [3.63, 3.8) is 0 Å². The minimum atomic E-state index is 0.0647. The van der Waals surface area contributed by atoms with Crippen molar-refractivity contribution in [1.82, 2.24) is 4.98 Å². The molecule has 3 aromatic rings. The van der Waals surface area contributed by atoms with E-state index in [4.69, 9.17) is 5.11 Å². The van der Waals surface area contributed by atoms with Gasteiger partial charge in [-0.3, -0.25) is 0 Å². The lowest BCUT2D eigenvalue weighted by atomic mass is 10.1.